The number of carbonyl (C=O) groups is 2. The number of esters is 2. The van der Waals surface area contributed by atoms with Crippen molar-refractivity contribution in [1.82, 2.24) is 0 Å². The van der Waals surface area contributed by atoms with Gasteiger partial charge in [0.15, 0.2) is 0 Å². The molecule has 0 aromatic heterocycles. The van der Waals surface area contributed by atoms with Gasteiger partial charge in [-0.3, -0.25) is 4.79 Å². The summed E-state index contributed by atoms with van der Waals surface area (Å²) in [6.45, 7) is 1.71. The van der Waals surface area contributed by atoms with Gasteiger partial charge in [0.05, 0.1) is 13.0 Å². The molecular weight excluding hydrogens is 316 g/mol. The predicted molar refractivity (Wildman–Crippen MR) is 96.7 cm³/mol. The molecule has 2 aromatic carbocycles. The van der Waals surface area contributed by atoms with Crippen molar-refractivity contribution in [3.05, 3.63) is 77.9 Å². The minimum atomic E-state index is -0.597. The number of carbonyl (C=O) groups excluding carboxylic acids is 2. The minimum absolute atomic E-state index is 0.392. The van der Waals surface area contributed by atoms with Crippen molar-refractivity contribution in [3.8, 4) is 0 Å². The molecule has 0 radical (unpaired) electrons. The second-order valence-electron chi connectivity index (χ2n) is 5.71. The Morgan fingerprint density at radius 2 is 1.60 bits per heavy atom. The number of rotatable bonds is 7. The van der Waals surface area contributed by atoms with E-state index in [0.717, 1.165) is 11.1 Å². The molecule has 2 atom stereocenters. The highest BCUT2D eigenvalue weighted by atomic mass is 16.6. The van der Waals surface area contributed by atoms with E-state index in [9.17, 15) is 9.59 Å². The highest BCUT2D eigenvalue weighted by molar-refractivity contribution is 5.87. The maximum atomic E-state index is 12.1. The average Bonchev–Trinajstić information content (AvgIpc) is 2.65. The first-order chi connectivity index (χ1) is 12.1. The monoisotopic (exact) mass is 338 g/mol. The molecule has 0 N–H and O–H groups in total. The molecule has 0 aliphatic heterocycles. The third-order valence-electron chi connectivity index (χ3n) is 3.88. The maximum Gasteiger partial charge on any atom is 0.331 e. The van der Waals surface area contributed by atoms with Gasteiger partial charge in [-0.05, 0) is 30.5 Å². The van der Waals surface area contributed by atoms with Crippen molar-refractivity contribution in [1.29, 1.82) is 0 Å². The molecular formula is C21H22O4. The fourth-order valence-electron chi connectivity index (χ4n) is 2.49. The van der Waals surface area contributed by atoms with Gasteiger partial charge in [-0.1, -0.05) is 60.7 Å². The Morgan fingerprint density at radius 1 is 1.00 bits per heavy atom. The Kier molecular flexibility index (Phi) is 6.96. The van der Waals surface area contributed by atoms with Gasteiger partial charge in [0, 0.05) is 6.08 Å². The van der Waals surface area contributed by atoms with Gasteiger partial charge >= 0.3 is 11.9 Å². The standard InChI is InChI=1S/C21H22O4/c1-16(25-20(22)14-13-17-9-5-3-6-10-17)19(21(23)24-2)15-18-11-7-4-8-12-18/h3-14,16,19H,15H2,1-2H3/b14-13+. The van der Waals surface area contributed by atoms with Crippen LogP contribution in [0.2, 0.25) is 0 Å². The van der Waals surface area contributed by atoms with Crippen molar-refractivity contribution < 1.29 is 19.1 Å². The van der Waals surface area contributed by atoms with E-state index in [-0.39, 0.29) is 0 Å². The van der Waals surface area contributed by atoms with Crippen LogP contribution in [0.25, 0.3) is 6.08 Å². The van der Waals surface area contributed by atoms with Gasteiger partial charge in [-0.25, -0.2) is 4.79 Å². The molecule has 0 aliphatic rings. The Morgan fingerprint density at radius 3 is 2.20 bits per heavy atom. The number of hydrogen-bond donors (Lipinski definition) is 0. The second kappa shape index (κ2) is 9.42. The van der Waals surface area contributed by atoms with E-state index < -0.39 is 24.0 Å². The van der Waals surface area contributed by atoms with E-state index in [1.807, 2.05) is 60.7 Å². The highest BCUT2D eigenvalue weighted by Crippen LogP contribution is 2.17. The quantitative estimate of drug-likeness (QED) is 0.571. The van der Waals surface area contributed by atoms with Crippen LogP contribution in [0.15, 0.2) is 66.7 Å². The van der Waals surface area contributed by atoms with Crippen LogP contribution >= 0.6 is 0 Å². The molecule has 0 saturated carbocycles. The summed E-state index contributed by atoms with van der Waals surface area (Å²) in [4.78, 5) is 24.1. The molecule has 4 nitrogen and oxygen atoms in total. The summed E-state index contributed by atoms with van der Waals surface area (Å²) in [7, 11) is 1.34. The van der Waals surface area contributed by atoms with Gasteiger partial charge in [0.1, 0.15) is 6.10 Å². The number of hydrogen-bond acceptors (Lipinski definition) is 4. The van der Waals surface area contributed by atoms with Gasteiger partial charge in [-0.2, -0.15) is 0 Å². The Balaban J connectivity index is 2.01. The van der Waals surface area contributed by atoms with E-state index in [1.165, 1.54) is 13.2 Å². The summed E-state index contributed by atoms with van der Waals surface area (Å²) < 4.78 is 10.3. The van der Waals surface area contributed by atoms with Crippen molar-refractivity contribution in [2.45, 2.75) is 19.4 Å². The highest BCUT2D eigenvalue weighted by Gasteiger charge is 2.28. The summed E-state index contributed by atoms with van der Waals surface area (Å²) in [5, 5.41) is 0. The van der Waals surface area contributed by atoms with Gasteiger partial charge < -0.3 is 9.47 Å². The lowest BCUT2D eigenvalue weighted by Crippen LogP contribution is -2.32. The second-order valence-corrected chi connectivity index (χ2v) is 5.71. The van der Waals surface area contributed by atoms with Crippen LogP contribution in [0.1, 0.15) is 18.1 Å². The zero-order valence-corrected chi connectivity index (χ0v) is 14.4. The first-order valence-corrected chi connectivity index (χ1v) is 8.15. The van der Waals surface area contributed by atoms with Crippen LogP contribution in [0.4, 0.5) is 0 Å². The van der Waals surface area contributed by atoms with Crippen molar-refractivity contribution >= 4 is 18.0 Å². The summed E-state index contributed by atoms with van der Waals surface area (Å²) in [5.41, 5.74) is 1.89. The number of benzene rings is 2. The fourth-order valence-corrected chi connectivity index (χ4v) is 2.49. The fraction of sp³-hybridized carbons (Fsp3) is 0.238. The Bertz CT molecular complexity index is 707. The van der Waals surface area contributed by atoms with Crippen LogP contribution in [0.3, 0.4) is 0 Å². The molecule has 0 saturated heterocycles. The normalized spacial score (nSPS) is 13.2. The summed E-state index contributed by atoms with van der Waals surface area (Å²) >= 11 is 0. The van der Waals surface area contributed by atoms with Crippen LogP contribution in [0, 0.1) is 5.92 Å². The molecule has 0 bridgehead atoms. The van der Waals surface area contributed by atoms with Crippen molar-refractivity contribution in [3.63, 3.8) is 0 Å². The number of methoxy groups -OCH3 is 1. The predicted octanol–water partition coefficient (Wildman–Crippen LogP) is 3.66. The SMILES string of the molecule is COC(=O)C(Cc1ccccc1)C(C)OC(=O)/C=C/c1ccccc1. The van der Waals surface area contributed by atoms with E-state index in [2.05, 4.69) is 0 Å². The average molecular weight is 338 g/mol. The molecule has 2 aromatic rings. The lowest BCUT2D eigenvalue weighted by molar-refractivity contribution is -0.156. The van der Waals surface area contributed by atoms with Crippen LogP contribution in [-0.4, -0.2) is 25.2 Å². The third kappa shape index (κ3) is 5.92. The topological polar surface area (TPSA) is 52.6 Å². The summed E-state index contributed by atoms with van der Waals surface area (Å²) in [5.74, 6) is -1.43. The van der Waals surface area contributed by atoms with Crippen LogP contribution < -0.4 is 0 Å². The lowest BCUT2D eigenvalue weighted by atomic mass is 9.95. The zero-order valence-electron chi connectivity index (χ0n) is 14.4. The first kappa shape index (κ1) is 18.5. The zero-order chi connectivity index (χ0) is 18.1. The molecule has 0 heterocycles. The maximum absolute atomic E-state index is 12.1. The Labute approximate surface area is 148 Å². The molecule has 4 heteroatoms. The number of ether oxygens (including phenoxy) is 2. The van der Waals surface area contributed by atoms with E-state index in [4.69, 9.17) is 9.47 Å². The smallest absolute Gasteiger partial charge is 0.331 e. The molecule has 0 amide bonds. The van der Waals surface area contributed by atoms with E-state index in [0.29, 0.717) is 6.42 Å². The molecule has 0 fully saturated rings. The van der Waals surface area contributed by atoms with E-state index >= 15 is 0 Å². The molecule has 130 valence electrons. The van der Waals surface area contributed by atoms with Crippen molar-refractivity contribution in [2.75, 3.05) is 7.11 Å². The van der Waals surface area contributed by atoms with Crippen LogP contribution in [0.5, 0.6) is 0 Å². The largest absolute Gasteiger partial charge is 0.469 e. The lowest BCUT2D eigenvalue weighted by Gasteiger charge is -2.21. The molecule has 2 rings (SSSR count). The molecule has 0 spiro atoms. The summed E-state index contributed by atoms with van der Waals surface area (Å²) in [6.07, 6.45) is 2.90. The van der Waals surface area contributed by atoms with Gasteiger partial charge in [0.2, 0.25) is 0 Å². The van der Waals surface area contributed by atoms with Crippen LogP contribution in [-0.2, 0) is 25.5 Å². The molecule has 2 unspecified atom stereocenters. The van der Waals surface area contributed by atoms with Gasteiger partial charge in [-0.15, -0.1) is 0 Å². The Hall–Kier alpha value is -2.88. The summed E-state index contributed by atoms with van der Waals surface area (Å²) in [6, 6.07) is 19.0. The molecule has 25 heavy (non-hydrogen) atoms. The van der Waals surface area contributed by atoms with E-state index in [1.54, 1.807) is 13.0 Å². The van der Waals surface area contributed by atoms with Gasteiger partial charge in [0.25, 0.3) is 0 Å². The first-order valence-electron chi connectivity index (χ1n) is 8.15. The minimum Gasteiger partial charge on any atom is -0.469 e. The third-order valence-corrected chi connectivity index (χ3v) is 3.88. The van der Waals surface area contributed by atoms with Crippen molar-refractivity contribution in [2.24, 2.45) is 5.92 Å². The molecule has 0 aliphatic carbocycles.